The summed E-state index contributed by atoms with van der Waals surface area (Å²) in [6.45, 7) is 4.14. The standard InChI is InChI=1S/C9H18O3S/c1-8-3-5-9(2,6-4-8)7-13(10,11)12/h8H,3-7H2,1-2H3,(H,10,11,12). The summed E-state index contributed by atoms with van der Waals surface area (Å²) in [5.41, 5.74) is -0.194. The molecule has 0 heterocycles. The van der Waals surface area contributed by atoms with Gasteiger partial charge >= 0.3 is 0 Å². The zero-order chi connectivity index (χ0) is 10.1. The van der Waals surface area contributed by atoms with Crippen molar-refractivity contribution >= 4 is 10.1 Å². The van der Waals surface area contributed by atoms with Gasteiger partial charge in [-0.1, -0.05) is 26.7 Å². The number of hydrogen-bond donors (Lipinski definition) is 1. The molecule has 13 heavy (non-hydrogen) atoms. The molecule has 0 spiro atoms. The summed E-state index contributed by atoms with van der Waals surface area (Å²) in [7, 11) is -3.80. The summed E-state index contributed by atoms with van der Waals surface area (Å²) in [4.78, 5) is 0. The van der Waals surface area contributed by atoms with E-state index in [1.54, 1.807) is 0 Å². The molecule has 1 aliphatic rings. The first kappa shape index (κ1) is 11.0. The molecule has 0 aromatic heterocycles. The monoisotopic (exact) mass is 206 g/mol. The fraction of sp³-hybridized carbons (Fsp3) is 1.00. The van der Waals surface area contributed by atoms with Crippen LogP contribution in [0.5, 0.6) is 0 Å². The highest BCUT2D eigenvalue weighted by Crippen LogP contribution is 2.39. The molecule has 0 amide bonds. The highest BCUT2D eigenvalue weighted by atomic mass is 32.2. The summed E-state index contributed by atoms with van der Waals surface area (Å²) < 4.78 is 30.3. The van der Waals surface area contributed by atoms with E-state index in [9.17, 15) is 8.42 Å². The molecule has 1 rings (SSSR count). The highest BCUT2D eigenvalue weighted by molar-refractivity contribution is 7.85. The zero-order valence-corrected chi connectivity index (χ0v) is 9.10. The molecule has 0 aromatic rings. The van der Waals surface area contributed by atoms with Gasteiger partial charge in [-0.2, -0.15) is 8.42 Å². The smallest absolute Gasteiger partial charge is 0.265 e. The summed E-state index contributed by atoms with van der Waals surface area (Å²) in [5, 5.41) is 0. The minimum atomic E-state index is -3.80. The lowest BCUT2D eigenvalue weighted by Gasteiger charge is -2.35. The van der Waals surface area contributed by atoms with Crippen molar-refractivity contribution in [1.82, 2.24) is 0 Å². The molecule has 1 aliphatic carbocycles. The van der Waals surface area contributed by atoms with Crippen LogP contribution in [0.1, 0.15) is 39.5 Å². The molecular formula is C9H18O3S. The van der Waals surface area contributed by atoms with Crippen LogP contribution in [-0.4, -0.2) is 18.7 Å². The predicted octanol–water partition coefficient (Wildman–Crippen LogP) is 2.09. The second-order valence-electron chi connectivity index (χ2n) is 4.72. The van der Waals surface area contributed by atoms with E-state index in [0.717, 1.165) is 25.7 Å². The molecule has 0 bridgehead atoms. The molecule has 0 saturated heterocycles. The number of hydrogen-bond acceptors (Lipinski definition) is 2. The van der Waals surface area contributed by atoms with Crippen molar-refractivity contribution in [3.05, 3.63) is 0 Å². The lowest BCUT2D eigenvalue weighted by atomic mass is 9.73. The van der Waals surface area contributed by atoms with Crippen LogP contribution in [0.4, 0.5) is 0 Å². The van der Waals surface area contributed by atoms with Crippen molar-refractivity contribution in [2.24, 2.45) is 11.3 Å². The maximum atomic E-state index is 10.7. The largest absolute Gasteiger partial charge is 0.286 e. The van der Waals surface area contributed by atoms with Gasteiger partial charge in [-0.05, 0) is 24.2 Å². The highest BCUT2D eigenvalue weighted by Gasteiger charge is 2.33. The Morgan fingerprint density at radius 3 is 2.23 bits per heavy atom. The minimum absolute atomic E-state index is 0.0767. The van der Waals surface area contributed by atoms with Crippen molar-refractivity contribution < 1.29 is 13.0 Å². The van der Waals surface area contributed by atoms with Crippen LogP contribution in [0.25, 0.3) is 0 Å². The Morgan fingerprint density at radius 2 is 1.85 bits per heavy atom. The fourth-order valence-electron chi connectivity index (χ4n) is 2.04. The van der Waals surface area contributed by atoms with Crippen LogP contribution in [0, 0.1) is 11.3 Å². The molecule has 0 unspecified atom stereocenters. The molecule has 4 heteroatoms. The Kier molecular flexibility index (Phi) is 3.02. The average Bonchev–Trinajstić information content (AvgIpc) is 1.92. The van der Waals surface area contributed by atoms with Crippen LogP contribution < -0.4 is 0 Å². The molecule has 1 fully saturated rings. The maximum absolute atomic E-state index is 10.7. The topological polar surface area (TPSA) is 54.4 Å². The van der Waals surface area contributed by atoms with Crippen LogP contribution in [0.2, 0.25) is 0 Å². The van der Waals surface area contributed by atoms with Crippen molar-refractivity contribution in [3.63, 3.8) is 0 Å². The third-order valence-corrected chi connectivity index (χ3v) is 4.07. The van der Waals surface area contributed by atoms with Crippen LogP contribution >= 0.6 is 0 Å². The normalized spacial score (nSPS) is 36.1. The second kappa shape index (κ2) is 3.58. The Balaban J connectivity index is 2.58. The fourth-order valence-corrected chi connectivity index (χ4v) is 3.21. The van der Waals surface area contributed by atoms with Gasteiger partial charge < -0.3 is 0 Å². The molecule has 0 radical (unpaired) electrons. The molecule has 3 nitrogen and oxygen atoms in total. The van der Waals surface area contributed by atoms with Gasteiger partial charge in [0.25, 0.3) is 10.1 Å². The van der Waals surface area contributed by atoms with Crippen molar-refractivity contribution in [2.75, 3.05) is 5.75 Å². The van der Waals surface area contributed by atoms with E-state index in [2.05, 4.69) is 6.92 Å². The van der Waals surface area contributed by atoms with Gasteiger partial charge in [-0.3, -0.25) is 4.55 Å². The van der Waals surface area contributed by atoms with Crippen LogP contribution in [0.15, 0.2) is 0 Å². The van der Waals surface area contributed by atoms with Crippen LogP contribution in [0.3, 0.4) is 0 Å². The first-order valence-corrected chi connectivity index (χ1v) is 6.37. The summed E-state index contributed by atoms with van der Waals surface area (Å²) in [6, 6.07) is 0. The summed E-state index contributed by atoms with van der Waals surface area (Å²) >= 11 is 0. The SMILES string of the molecule is CC1CCC(C)(CS(=O)(=O)O)CC1. The molecule has 78 valence electrons. The van der Waals surface area contributed by atoms with Gasteiger partial charge in [0, 0.05) is 0 Å². The van der Waals surface area contributed by atoms with Gasteiger partial charge in [0.1, 0.15) is 0 Å². The van der Waals surface area contributed by atoms with Gasteiger partial charge in [0.2, 0.25) is 0 Å². The predicted molar refractivity (Wildman–Crippen MR) is 52.2 cm³/mol. The molecule has 0 aromatic carbocycles. The Bertz CT molecular complexity index is 261. The average molecular weight is 206 g/mol. The Labute approximate surface area is 80.3 Å². The minimum Gasteiger partial charge on any atom is -0.286 e. The van der Waals surface area contributed by atoms with Crippen molar-refractivity contribution in [3.8, 4) is 0 Å². The van der Waals surface area contributed by atoms with E-state index in [-0.39, 0.29) is 11.2 Å². The van der Waals surface area contributed by atoms with Gasteiger partial charge in [0.05, 0.1) is 5.75 Å². The van der Waals surface area contributed by atoms with Crippen molar-refractivity contribution in [2.45, 2.75) is 39.5 Å². The van der Waals surface area contributed by atoms with E-state index in [1.807, 2.05) is 6.92 Å². The van der Waals surface area contributed by atoms with Gasteiger partial charge in [-0.15, -0.1) is 0 Å². The lowest BCUT2D eigenvalue weighted by Crippen LogP contribution is -2.31. The zero-order valence-electron chi connectivity index (χ0n) is 8.28. The third-order valence-electron chi connectivity index (χ3n) is 3.01. The molecule has 0 atom stereocenters. The van der Waals surface area contributed by atoms with Crippen LogP contribution in [-0.2, 0) is 10.1 Å². The molecule has 1 N–H and O–H groups in total. The maximum Gasteiger partial charge on any atom is 0.265 e. The second-order valence-corrected chi connectivity index (χ2v) is 6.17. The Morgan fingerprint density at radius 1 is 1.38 bits per heavy atom. The first-order chi connectivity index (χ1) is 5.81. The van der Waals surface area contributed by atoms with E-state index < -0.39 is 10.1 Å². The van der Waals surface area contributed by atoms with E-state index in [0.29, 0.717) is 5.92 Å². The van der Waals surface area contributed by atoms with Crippen molar-refractivity contribution in [1.29, 1.82) is 0 Å². The first-order valence-electron chi connectivity index (χ1n) is 4.76. The van der Waals surface area contributed by atoms with Gasteiger partial charge in [-0.25, -0.2) is 0 Å². The summed E-state index contributed by atoms with van der Waals surface area (Å²) in [6.07, 6.45) is 3.97. The third kappa shape index (κ3) is 3.65. The quantitative estimate of drug-likeness (QED) is 0.704. The molecule has 1 saturated carbocycles. The van der Waals surface area contributed by atoms with Gasteiger partial charge in [0.15, 0.2) is 0 Å². The van der Waals surface area contributed by atoms with E-state index in [1.165, 1.54) is 0 Å². The summed E-state index contributed by atoms with van der Waals surface area (Å²) in [5.74, 6) is 0.627. The van der Waals surface area contributed by atoms with E-state index in [4.69, 9.17) is 4.55 Å². The number of rotatable bonds is 2. The van der Waals surface area contributed by atoms with E-state index >= 15 is 0 Å². The lowest BCUT2D eigenvalue weighted by molar-refractivity contribution is 0.200. The molecular weight excluding hydrogens is 188 g/mol. The Hall–Kier alpha value is -0.0900. The molecule has 0 aliphatic heterocycles.